The van der Waals surface area contributed by atoms with Crippen LogP contribution in [0.15, 0.2) is 29.2 Å². The minimum absolute atomic E-state index is 0.0753. The van der Waals surface area contributed by atoms with Gasteiger partial charge >= 0.3 is 0 Å². The average Bonchev–Trinajstić information content (AvgIpc) is 2.35. The molecule has 0 atom stereocenters. The van der Waals surface area contributed by atoms with Gasteiger partial charge in [0.1, 0.15) is 0 Å². The van der Waals surface area contributed by atoms with E-state index in [0.29, 0.717) is 22.8 Å². The van der Waals surface area contributed by atoms with Crippen LogP contribution < -0.4 is 5.73 Å². The molecule has 1 rings (SSSR count). The molecule has 0 saturated heterocycles. The highest BCUT2D eigenvalue weighted by Crippen LogP contribution is 2.20. The Hall–Kier alpha value is -0.980. The Labute approximate surface area is 133 Å². The smallest absolute Gasteiger partial charge is 0.243 e. The van der Waals surface area contributed by atoms with Crippen molar-refractivity contribution in [2.75, 3.05) is 6.54 Å². The van der Waals surface area contributed by atoms with E-state index in [1.54, 1.807) is 28.6 Å². The predicted molar refractivity (Wildman–Crippen MR) is 90.8 cm³/mol. The maximum absolute atomic E-state index is 12.7. The van der Waals surface area contributed by atoms with E-state index in [1.807, 2.05) is 27.7 Å². The highest BCUT2D eigenvalue weighted by atomic mass is 32.2. The molecule has 2 N–H and O–H groups in total. The number of nitrogens with two attached hydrogens (primary N) is 1. The Balaban J connectivity index is 3.07. The zero-order chi connectivity index (χ0) is 16.2. The number of hydrogen-bond acceptors (Lipinski definition) is 3. The van der Waals surface area contributed by atoms with Crippen LogP contribution >= 0.6 is 12.2 Å². The van der Waals surface area contributed by atoms with E-state index in [0.717, 1.165) is 5.56 Å². The number of thiocarbonyl (C=S) groups is 1. The second kappa shape index (κ2) is 7.33. The van der Waals surface area contributed by atoms with E-state index in [9.17, 15) is 8.42 Å². The van der Waals surface area contributed by atoms with Crippen LogP contribution in [0.5, 0.6) is 0 Å². The summed E-state index contributed by atoms with van der Waals surface area (Å²) >= 11 is 4.86. The Morgan fingerprint density at radius 1 is 1.19 bits per heavy atom. The molecule has 0 amide bonds. The fourth-order valence-corrected chi connectivity index (χ4v) is 4.03. The number of rotatable bonds is 7. The summed E-state index contributed by atoms with van der Waals surface area (Å²) in [7, 11) is -3.47. The van der Waals surface area contributed by atoms with Crippen LogP contribution in [-0.4, -0.2) is 30.3 Å². The summed E-state index contributed by atoms with van der Waals surface area (Å²) < 4.78 is 27.0. The second-order valence-electron chi connectivity index (χ2n) is 5.85. The van der Waals surface area contributed by atoms with Crippen molar-refractivity contribution >= 4 is 27.2 Å². The first-order valence-electron chi connectivity index (χ1n) is 7.03. The van der Waals surface area contributed by atoms with Gasteiger partial charge < -0.3 is 5.73 Å². The maximum Gasteiger partial charge on any atom is 0.243 e. The number of hydrogen-bond donors (Lipinski definition) is 1. The molecule has 0 spiro atoms. The zero-order valence-corrected chi connectivity index (χ0v) is 14.7. The summed E-state index contributed by atoms with van der Waals surface area (Å²) in [5, 5.41) is 0. The number of nitrogens with zero attached hydrogens (tertiary/aromatic N) is 1. The molecule has 0 bridgehead atoms. The van der Waals surface area contributed by atoms with Crippen LogP contribution in [0.4, 0.5) is 0 Å². The first-order chi connectivity index (χ1) is 9.64. The molecule has 0 saturated carbocycles. The van der Waals surface area contributed by atoms with Crippen LogP contribution in [0, 0.1) is 5.92 Å². The highest BCUT2D eigenvalue weighted by Gasteiger charge is 2.27. The van der Waals surface area contributed by atoms with Gasteiger partial charge in [-0.3, -0.25) is 0 Å². The molecule has 1 aromatic carbocycles. The van der Waals surface area contributed by atoms with Crippen LogP contribution in [0.3, 0.4) is 0 Å². The molecule has 118 valence electrons. The molecule has 1 aromatic rings. The lowest BCUT2D eigenvalue weighted by Crippen LogP contribution is -2.39. The van der Waals surface area contributed by atoms with Gasteiger partial charge in [-0.25, -0.2) is 8.42 Å². The van der Waals surface area contributed by atoms with Crippen molar-refractivity contribution in [1.82, 2.24) is 4.31 Å². The normalized spacial score (nSPS) is 12.3. The minimum atomic E-state index is -3.47. The molecule has 0 unspecified atom stereocenters. The standard InChI is InChI=1S/C15H24N2O2S2/c1-11(2)10-17(12(3)4)21(18,19)14-7-5-13(6-8-14)9-15(16)20/h5-8,11-12H,9-10H2,1-4H3,(H2,16,20). The van der Waals surface area contributed by atoms with Gasteiger partial charge in [0.25, 0.3) is 0 Å². The summed E-state index contributed by atoms with van der Waals surface area (Å²) in [6, 6.07) is 6.70. The molecule has 0 aliphatic carbocycles. The van der Waals surface area contributed by atoms with Crippen LogP contribution in [-0.2, 0) is 16.4 Å². The van der Waals surface area contributed by atoms with Crippen molar-refractivity contribution in [3.05, 3.63) is 29.8 Å². The number of sulfonamides is 1. The van der Waals surface area contributed by atoms with Gasteiger partial charge in [-0.15, -0.1) is 0 Å². The Kier molecular flexibility index (Phi) is 6.31. The molecule has 0 aromatic heterocycles. The van der Waals surface area contributed by atoms with E-state index in [4.69, 9.17) is 18.0 Å². The SMILES string of the molecule is CC(C)CN(C(C)C)S(=O)(=O)c1ccc(CC(N)=S)cc1. The molecular weight excluding hydrogens is 304 g/mol. The summed E-state index contributed by atoms with van der Waals surface area (Å²) in [4.78, 5) is 0.706. The summed E-state index contributed by atoms with van der Waals surface area (Å²) in [5.41, 5.74) is 6.41. The van der Waals surface area contributed by atoms with E-state index in [2.05, 4.69) is 0 Å². The van der Waals surface area contributed by atoms with Gasteiger partial charge in [0.05, 0.1) is 9.88 Å². The third-order valence-corrected chi connectivity index (χ3v) is 5.23. The van der Waals surface area contributed by atoms with Gasteiger partial charge in [-0.2, -0.15) is 4.31 Å². The highest BCUT2D eigenvalue weighted by molar-refractivity contribution is 7.89. The van der Waals surface area contributed by atoms with Crippen LogP contribution in [0.2, 0.25) is 0 Å². The Morgan fingerprint density at radius 2 is 1.71 bits per heavy atom. The van der Waals surface area contributed by atoms with E-state index < -0.39 is 10.0 Å². The topological polar surface area (TPSA) is 63.4 Å². The quantitative estimate of drug-likeness (QED) is 0.781. The van der Waals surface area contributed by atoms with Crippen molar-refractivity contribution < 1.29 is 8.42 Å². The lowest BCUT2D eigenvalue weighted by Gasteiger charge is -2.27. The molecule has 0 fully saturated rings. The fourth-order valence-electron chi connectivity index (χ4n) is 2.06. The van der Waals surface area contributed by atoms with Gasteiger partial charge in [0.15, 0.2) is 0 Å². The van der Waals surface area contributed by atoms with Gasteiger partial charge in [-0.05, 0) is 37.5 Å². The minimum Gasteiger partial charge on any atom is -0.393 e. The van der Waals surface area contributed by atoms with Gasteiger partial charge in [0, 0.05) is 19.0 Å². The Morgan fingerprint density at radius 3 is 2.10 bits per heavy atom. The van der Waals surface area contributed by atoms with E-state index in [1.165, 1.54) is 0 Å². The van der Waals surface area contributed by atoms with Crippen molar-refractivity contribution in [3.8, 4) is 0 Å². The lowest BCUT2D eigenvalue weighted by molar-refractivity contribution is 0.319. The van der Waals surface area contributed by atoms with E-state index >= 15 is 0 Å². The molecule has 0 aliphatic heterocycles. The molecule has 0 heterocycles. The Bertz CT molecular complexity index is 578. The van der Waals surface area contributed by atoms with Crippen molar-refractivity contribution in [2.45, 2.75) is 45.1 Å². The van der Waals surface area contributed by atoms with Crippen molar-refractivity contribution in [2.24, 2.45) is 11.7 Å². The monoisotopic (exact) mass is 328 g/mol. The summed E-state index contributed by atoms with van der Waals surface area (Å²) in [5.74, 6) is 0.274. The summed E-state index contributed by atoms with van der Waals surface area (Å²) in [6.07, 6.45) is 0.482. The maximum atomic E-state index is 12.7. The summed E-state index contributed by atoms with van der Waals surface area (Å²) in [6.45, 7) is 8.31. The molecule has 0 aliphatic rings. The van der Waals surface area contributed by atoms with Crippen LogP contribution in [0.1, 0.15) is 33.3 Å². The van der Waals surface area contributed by atoms with Crippen molar-refractivity contribution in [1.29, 1.82) is 0 Å². The molecule has 6 heteroatoms. The first kappa shape index (κ1) is 18.1. The molecular formula is C15H24N2O2S2. The lowest BCUT2D eigenvalue weighted by atomic mass is 10.1. The van der Waals surface area contributed by atoms with E-state index in [-0.39, 0.29) is 12.0 Å². The molecule has 4 nitrogen and oxygen atoms in total. The molecule has 21 heavy (non-hydrogen) atoms. The van der Waals surface area contributed by atoms with Gasteiger partial charge in [0.2, 0.25) is 10.0 Å². The average molecular weight is 329 g/mol. The second-order valence-corrected chi connectivity index (χ2v) is 8.26. The number of benzene rings is 1. The van der Waals surface area contributed by atoms with Crippen LogP contribution in [0.25, 0.3) is 0 Å². The fraction of sp³-hybridized carbons (Fsp3) is 0.533. The predicted octanol–water partition coefficient (Wildman–Crippen LogP) is 2.57. The third kappa shape index (κ3) is 5.05. The first-order valence-corrected chi connectivity index (χ1v) is 8.88. The molecule has 0 radical (unpaired) electrons. The third-order valence-electron chi connectivity index (χ3n) is 3.03. The van der Waals surface area contributed by atoms with Gasteiger partial charge in [-0.1, -0.05) is 38.2 Å². The largest absolute Gasteiger partial charge is 0.393 e. The zero-order valence-electron chi connectivity index (χ0n) is 13.0. The van der Waals surface area contributed by atoms with Crippen molar-refractivity contribution in [3.63, 3.8) is 0 Å².